The molecule has 0 unspecified atom stereocenters. The summed E-state index contributed by atoms with van der Waals surface area (Å²) in [4.78, 5) is 15.9. The minimum atomic E-state index is -0.151. The molecule has 1 aromatic heterocycles. The van der Waals surface area contributed by atoms with Crippen molar-refractivity contribution in [3.8, 4) is 0 Å². The third-order valence-corrected chi connectivity index (χ3v) is 2.31. The van der Waals surface area contributed by atoms with Gasteiger partial charge in [0.25, 0.3) is 5.91 Å². The summed E-state index contributed by atoms with van der Waals surface area (Å²) in [5.41, 5.74) is 1.43. The molecule has 0 aromatic carbocycles. The van der Waals surface area contributed by atoms with Crippen molar-refractivity contribution in [3.63, 3.8) is 0 Å². The Morgan fingerprint density at radius 1 is 1.57 bits per heavy atom. The molecule has 0 atom stereocenters. The molecule has 1 aromatic rings. The van der Waals surface area contributed by atoms with Crippen molar-refractivity contribution in [2.75, 3.05) is 18.9 Å². The van der Waals surface area contributed by atoms with E-state index in [1.54, 1.807) is 19.2 Å². The Hall–Kier alpha value is -1.62. The molecule has 0 saturated heterocycles. The fraction of sp³-hybridized carbons (Fsp3) is 0.333. The summed E-state index contributed by atoms with van der Waals surface area (Å²) in [5, 5.41) is 4.16. The predicted molar refractivity (Wildman–Crippen MR) is 52.7 cm³/mol. The van der Waals surface area contributed by atoms with Crippen LogP contribution in [0.4, 0.5) is 5.82 Å². The van der Waals surface area contributed by atoms with Crippen LogP contribution in [0.3, 0.4) is 0 Å². The highest BCUT2D eigenvalue weighted by molar-refractivity contribution is 5.96. The molecule has 0 aliphatic carbocycles. The van der Waals surface area contributed by atoms with E-state index in [9.17, 15) is 4.79 Å². The summed E-state index contributed by atoms with van der Waals surface area (Å²) in [6, 6.07) is 3.53. The number of nitrogens with one attached hydrogen (secondary N) is 1. The summed E-state index contributed by atoms with van der Waals surface area (Å²) < 4.78 is 0. The predicted octanol–water partition coefficient (Wildman–Crippen LogP) is -0.00470. The monoisotopic (exact) mass is 192 g/mol. The van der Waals surface area contributed by atoms with E-state index in [1.807, 2.05) is 0 Å². The van der Waals surface area contributed by atoms with E-state index in [2.05, 4.69) is 10.3 Å². The van der Waals surface area contributed by atoms with Gasteiger partial charge in [-0.3, -0.25) is 9.80 Å². The summed E-state index contributed by atoms with van der Waals surface area (Å²) in [5.74, 6) is 6.13. The first-order valence-corrected chi connectivity index (χ1v) is 4.46. The zero-order valence-electron chi connectivity index (χ0n) is 7.95. The van der Waals surface area contributed by atoms with E-state index in [0.29, 0.717) is 18.5 Å². The summed E-state index contributed by atoms with van der Waals surface area (Å²) in [6.07, 6.45) is 0.715. The third kappa shape index (κ3) is 1.31. The maximum absolute atomic E-state index is 11.6. The summed E-state index contributed by atoms with van der Waals surface area (Å²) in [6.45, 7) is 0.534. The highest BCUT2D eigenvalue weighted by Gasteiger charge is 2.22. The number of rotatable bonds is 1. The highest BCUT2D eigenvalue weighted by Crippen LogP contribution is 2.17. The molecule has 0 bridgehead atoms. The number of nitrogens with two attached hydrogens (primary N) is 1. The maximum Gasteiger partial charge on any atom is 0.269 e. The largest absolute Gasteiger partial charge is 0.373 e. The minimum absolute atomic E-state index is 0.151. The van der Waals surface area contributed by atoms with Crippen LogP contribution in [-0.4, -0.2) is 29.5 Å². The average Bonchev–Trinajstić information content (AvgIpc) is 2.23. The first kappa shape index (κ1) is 8.96. The second kappa shape index (κ2) is 3.26. The first-order valence-electron chi connectivity index (χ1n) is 4.46. The molecular formula is C9H12N4O. The van der Waals surface area contributed by atoms with Crippen molar-refractivity contribution < 1.29 is 4.79 Å². The standard InChI is InChI=1S/C9H12N4O/c1-11-8-3-2-6-7(12-8)4-5-13(10)9(6)14/h2-3H,4-5,10H2,1H3,(H,11,12). The van der Waals surface area contributed by atoms with Crippen LogP contribution in [0.15, 0.2) is 12.1 Å². The highest BCUT2D eigenvalue weighted by atomic mass is 16.2. The lowest BCUT2D eigenvalue weighted by Gasteiger charge is -2.23. The van der Waals surface area contributed by atoms with Gasteiger partial charge in [-0.1, -0.05) is 0 Å². The topological polar surface area (TPSA) is 71.2 Å². The van der Waals surface area contributed by atoms with Crippen molar-refractivity contribution in [1.29, 1.82) is 0 Å². The molecule has 74 valence electrons. The zero-order chi connectivity index (χ0) is 10.1. The van der Waals surface area contributed by atoms with E-state index >= 15 is 0 Å². The number of aromatic nitrogens is 1. The van der Waals surface area contributed by atoms with Crippen molar-refractivity contribution in [2.45, 2.75) is 6.42 Å². The number of fused-ring (bicyclic) bond motifs is 1. The number of carbonyl (C=O) groups excluding carboxylic acids is 1. The lowest BCUT2D eigenvalue weighted by atomic mass is 10.1. The van der Waals surface area contributed by atoms with Gasteiger partial charge in [-0.05, 0) is 12.1 Å². The number of pyridine rings is 1. The van der Waals surface area contributed by atoms with Gasteiger partial charge < -0.3 is 5.32 Å². The molecule has 1 aliphatic rings. The molecule has 5 heteroatoms. The van der Waals surface area contributed by atoms with Gasteiger partial charge in [0.15, 0.2) is 0 Å². The second-order valence-corrected chi connectivity index (χ2v) is 3.19. The lowest BCUT2D eigenvalue weighted by Crippen LogP contribution is -2.42. The third-order valence-electron chi connectivity index (χ3n) is 2.31. The van der Waals surface area contributed by atoms with Crippen LogP contribution in [0.1, 0.15) is 16.1 Å². The Balaban J connectivity index is 2.44. The molecule has 1 aliphatic heterocycles. The minimum Gasteiger partial charge on any atom is -0.373 e. The van der Waals surface area contributed by atoms with E-state index in [1.165, 1.54) is 5.01 Å². The van der Waals surface area contributed by atoms with Gasteiger partial charge in [0.1, 0.15) is 5.82 Å². The van der Waals surface area contributed by atoms with Crippen molar-refractivity contribution in [1.82, 2.24) is 9.99 Å². The van der Waals surface area contributed by atoms with Crippen LogP contribution in [0.2, 0.25) is 0 Å². The number of carbonyl (C=O) groups is 1. The molecule has 2 rings (SSSR count). The van der Waals surface area contributed by atoms with E-state index in [4.69, 9.17) is 5.84 Å². The fourth-order valence-corrected chi connectivity index (χ4v) is 1.51. The van der Waals surface area contributed by atoms with Crippen LogP contribution in [0.25, 0.3) is 0 Å². The lowest BCUT2D eigenvalue weighted by molar-refractivity contribution is 0.0738. The zero-order valence-corrected chi connectivity index (χ0v) is 7.95. The van der Waals surface area contributed by atoms with Crippen molar-refractivity contribution in [3.05, 3.63) is 23.4 Å². The van der Waals surface area contributed by atoms with Gasteiger partial charge in [-0.15, -0.1) is 0 Å². The number of nitrogens with zero attached hydrogens (tertiary/aromatic N) is 2. The number of hydrogen-bond donors (Lipinski definition) is 2. The number of amides is 1. The molecule has 1 amide bonds. The van der Waals surface area contributed by atoms with Crippen LogP contribution in [0.5, 0.6) is 0 Å². The number of anilines is 1. The summed E-state index contributed by atoms with van der Waals surface area (Å²) >= 11 is 0. The van der Waals surface area contributed by atoms with Gasteiger partial charge in [0.2, 0.25) is 0 Å². The van der Waals surface area contributed by atoms with E-state index < -0.39 is 0 Å². The van der Waals surface area contributed by atoms with Crippen LogP contribution >= 0.6 is 0 Å². The number of hydrazine groups is 1. The van der Waals surface area contributed by atoms with Gasteiger partial charge >= 0.3 is 0 Å². The van der Waals surface area contributed by atoms with E-state index in [-0.39, 0.29) is 5.91 Å². The van der Waals surface area contributed by atoms with Gasteiger partial charge in [-0.2, -0.15) is 0 Å². The molecule has 0 fully saturated rings. The molecule has 2 heterocycles. The smallest absolute Gasteiger partial charge is 0.269 e. The quantitative estimate of drug-likeness (QED) is 0.485. The Labute approximate surface area is 81.9 Å². The van der Waals surface area contributed by atoms with Crippen molar-refractivity contribution in [2.24, 2.45) is 5.84 Å². The molecule has 0 spiro atoms. The van der Waals surface area contributed by atoms with E-state index in [0.717, 1.165) is 11.5 Å². The Morgan fingerprint density at radius 2 is 2.36 bits per heavy atom. The Kier molecular flexibility index (Phi) is 2.09. The van der Waals surface area contributed by atoms with Gasteiger partial charge in [0, 0.05) is 20.0 Å². The SMILES string of the molecule is CNc1ccc2c(n1)CCN(N)C2=O. The maximum atomic E-state index is 11.6. The van der Waals surface area contributed by atoms with Crippen LogP contribution in [0, 0.1) is 0 Å². The molecule has 0 radical (unpaired) electrons. The molecule has 14 heavy (non-hydrogen) atoms. The molecule has 0 saturated carbocycles. The Bertz CT molecular complexity index is 377. The summed E-state index contributed by atoms with van der Waals surface area (Å²) in [7, 11) is 1.80. The molecular weight excluding hydrogens is 180 g/mol. The number of hydrogen-bond acceptors (Lipinski definition) is 4. The van der Waals surface area contributed by atoms with Gasteiger partial charge in [-0.25, -0.2) is 10.8 Å². The van der Waals surface area contributed by atoms with Gasteiger partial charge in [0.05, 0.1) is 11.3 Å². The fourth-order valence-electron chi connectivity index (χ4n) is 1.51. The average molecular weight is 192 g/mol. The normalized spacial score (nSPS) is 15.3. The molecule has 5 nitrogen and oxygen atoms in total. The van der Waals surface area contributed by atoms with Crippen molar-refractivity contribution >= 4 is 11.7 Å². The van der Waals surface area contributed by atoms with Crippen LogP contribution < -0.4 is 11.2 Å². The first-order chi connectivity index (χ1) is 6.72. The Morgan fingerprint density at radius 3 is 3.07 bits per heavy atom. The second-order valence-electron chi connectivity index (χ2n) is 3.19. The van der Waals surface area contributed by atoms with Crippen LogP contribution in [-0.2, 0) is 6.42 Å². The molecule has 3 N–H and O–H groups in total.